The van der Waals surface area contributed by atoms with Crippen molar-refractivity contribution in [2.45, 2.75) is 19.9 Å². The monoisotopic (exact) mass is 363 g/mol. The van der Waals surface area contributed by atoms with E-state index >= 15 is 0 Å². The molecule has 3 nitrogen and oxygen atoms in total. The number of rotatable bonds is 2. The molecule has 0 saturated heterocycles. The zero-order valence-corrected chi connectivity index (χ0v) is 12.1. The van der Waals surface area contributed by atoms with Crippen molar-refractivity contribution < 1.29 is 8.78 Å². The molecule has 2 aromatic rings. The Morgan fingerprint density at radius 3 is 2.50 bits per heavy atom. The topological polar surface area (TPSA) is 43.8 Å². The summed E-state index contributed by atoms with van der Waals surface area (Å²) in [6, 6.07) is 3.57. The molecule has 96 valence electrons. The molecule has 2 rings (SSSR count). The Bertz CT molecular complexity index is 595. The van der Waals surface area contributed by atoms with E-state index in [1.807, 2.05) is 13.8 Å². The molecule has 0 fully saturated rings. The molecule has 0 radical (unpaired) electrons. The smallest absolute Gasteiger partial charge is 0.159 e. The van der Waals surface area contributed by atoms with E-state index in [1.165, 1.54) is 12.1 Å². The van der Waals surface area contributed by atoms with Crippen molar-refractivity contribution >= 4 is 28.4 Å². The van der Waals surface area contributed by atoms with E-state index in [-0.39, 0.29) is 6.04 Å². The fourth-order valence-corrected chi connectivity index (χ4v) is 2.11. The fourth-order valence-electron chi connectivity index (χ4n) is 1.75. The number of nitrogens with zero attached hydrogens (tertiary/aromatic N) is 2. The van der Waals surface area contributed by atoms with Gasteiger partial charge in [0.15, 0.2) is 11.6 Å². The van der Waals surface area contributed by atoms with Crippen LogP contribution in [0.2, 0.25) is 0 Å². The minimum atomic E-state index is -0.864. The molecule has 0 bridgehead atoms. The molecule has 1 aromatic heterocycles. The van der Waals surface area contributed by atoms with Crippen LogP contribution in [-0.4, -0.2) is 9.78 Å². The number of anilines is 1. The Kier molecular flexibility index (Phi) is 3.56. The van der Waals surface area contributed by atoms with E-state index in [9.17, 15) is 8.78 Å². The molecule has 1 aromatic carbocycles. The maximum atomic E-state index is 13.2. The van der Waals surface area contributed by atoms with Crippen LogP contribution in [0.4, 0.5) is 14.6 Å². The first-order valence-electron chi connectivity index (χ1n) is 5.37. The van der Waals surface area contributed by atoms with Crippen LogP contribution in [0.25, 0.3) is 0 Å². The third-order valence-corrected chi connectivity index (χ3v) is 4.17. The molecule has 6 heteroatoms. The summed E-state index contributed by atoms with van der Waals surface area (Å²) >= 11 is 2.11. The van der Waals surface area contributed by atoms with Gasteiger partial charge in [-0.3, -0.25) is 0 Å². The number of hydrogen-bond acceptors (Lipinski definition) is 2. The van der Waals surface area contributed by atoms with Gasteiger partial charge in [0.25, 0.3) is 0 Å². The van der Waals surface area contributed by atoms with E-state index in [0.29, 0.717) is 11.4 Å². The van der Waals surface area contributed by atoms with Crippen molar-refractivity contribution in [3.8, 4) is 0 Å². The summed E-state index contributed by atoms with van der Waals surface area (Å²) in [7, 11) is 0. The van der Waals surface area contributed by atoms with Gasteiger partial charge in [0.2, 0.25) is 0 Å². The van der Waals surface area contributed by atoms with Gasteiger partial charge in [0.1, 0.15) is 5.82 Å². The number of hydrogen-bond donors (Lipinski definition) is 1. The van der Waals surface area contributed by atoms with Crippen LogP contribution in [0.1, 0.15) is 24.2 Å². The summed E-state index contributed by atoms with van der Waals surface area (Å²) in [5.41, 5.74) is 7.38. The average Bonchev–Trinajstić information content (AvgIpc) is 2.60. The summed E-state index contributed by atoms with van der Waals surface area (Å²) < 4.78 is 28.6. The molecular formula is C12H12F2IN3. The lowest BCUT2D eigenvalue weighted by Gasteiger charge is -2.14. The summed E-state index contributed by atoms with van der Waals surface area (Å²) in [6.45, 7) is 3.69. The second-order valence-corrected chi connectivity index (χ2v) is 5.16. The average molecular weight is 363 g/mol. The minimum absolute atomic E-state index is 0.248. The van der Waals surface area contributed by atoms with Crippen molar-refractivity contribution in [3.05, 3.63) is 44.7 Å². The molecular weight excluding hydrogens is 351 g/mol. The van der Waals surface area contributed by atoms with E-state index in [4.69, 9.17) is 5.73 Å². The summed E-state index contributed by atoms with van der Waals surface area (Å²) in [4.78, 5) is 0. The van der Waals surface area contributed by atoms with Crippen molar-refractivity contribution in [1.82, 2.24) is 9.78 Å². The molecule has 0 aliphatic carbocycles. The zero-order valence-electron chi connectivity index (χ0n) is 9.92. The number of nitrogen functional groups attached to an aromatic ring is 1. The Hall–Kier alpha value is -1.18. The third kappa shape index (κ3) is 2.21. The van der Waals surface area contributed by atoms with E-state index in [0.717, 1.165) is 15.3 Å². The van der Waals surface area contributed by atoms with Gasteiger partial charge in [0, 0.05) is 0 Å². The first-order valence-corrected chi connectivity index (χ1v) is 6.44. The third-order valence-electron chi connectivity index (χ3n) is 2.84. The van der Waals surface area contributed by atoms with Crippen molar-refractivity contribution in [3.63, 3.8) is 0 Å². The predicted molar refractivity (Wildman–Crippen MR) is 74.3 cm³/mol. The first-order chi connectivity index (χ1) is 8.41. The second-order valence-electron chi connectivity index (χ2n) is 4.08. The lowest BCUT2D eigenvalue weighted by atomic mass is 10.1. The van der Waals surface area contributed by atoms with Crippen LogP contribution < -0.4 is 5.73 Å². The Morgan fingerprint density at radius 2 is 2.00 bits per heavy atom. The Balaban J connectivity index is 2.44. The largest absolute Gasteiger partial charge is 0.383 e. The molecule has 0 aliphatic heterocycles. The maximum Gasteiger partial charge on any atom is 0.159 e. The molecule has 1 atom stereocenters. The first kappa shape index (κ1) is 13.3. The molecule has 0 aliphatic rings. The van der Waals surface area contributed by atoms with Gasteiger partial charge < -0.3 is 5.73 Å². The van der Waals surface area contributed by atoms with Gasteiger partial charge in [-0.25, -0.2) is 13.5 Å². The molecule has 1 unspecified atom stereocenters. The number of nitrogens with two attached hydrogens (primary N) is 1. The van der Waals surface area contributed by atoms with Crippen molar-refractivity contribution in [2.75, 3.05) is 5.73 Å². The highest BCUT2D eigenvalue weighted by atomic mass is 127. The van der Waals surface area contributed by atoms with Gasteiger partial charge in [0.05, 0.1) is 15.3 Å². The van der Waals surface area contributed by atoms with Crippen molar-refractivity contribution in [1.29, 1.82) is 0 Å². The van der Waals surface area contributed by atoms with E-state index in [2.05, 4.69) is 27.7 Å². The minimum Gasteiger partial charge on any atom is -0.383 e. The standard InChI is InChI=1S/C12H12F2IN3/c1-6-11(15)12(16)18(17-6)7(2)8-3-4-9(13)10(14)5-8/h3-5,7H,16H2,1-2H3. The van der Waals surface area contributed by atoms with Crippen LogP contribution in [0, 0.1) is 22.1 Å². The van der Waals surface area contributed by atoms with Crippen LogP contribution in [-0.2, 0) is 0 Å². The zero-order chi connectivity index (χ0) is 13.4. The van der Waals surface area contributed by atoms with E-state index in [1.54, 1.807) is 4.68 Å². The van der Waals surface area contributed by atoms with Gasteiger partial charge in [-0.15, -0.1) is 0 Å². The highest BCUT2D eigenvalue weighted by Crippen LogP contribution is 2.26. The molecule has 1 heterocycles. The summed E-state index contributed by atoms with van der Waals surface area (Å²) in [6.07, 6.45) is 0. The predicted octanol–water partition coefficient (Wildman–Crippen LogP) is 3.27. The quantitative estimate of drug-likeness (QED) is 0.833. The van der Waals surface area contributed by atoms with Crippen LogP contribution in [0.15, 0.2) is 18.2 Å². The van der Waals surface area contributed by atoms with Gasteiger partial charge in [-0.1, -0.05) is 6.07 Å². The second kappa shape index (κ2) is 4.83. The number of aryl methyl sites for hydroxylation is 1. The van der Waals surface area contributed by atoms with Gasteiger partial charge >= 0.3 is 0 Å². The van der Waals surface area contributed by atoms with Gasteiger partial charge in [-0.05, 0) is 54.1 Å². The molecule has 18 heavy (non-hydrogen) atoms. The van der Waals surface area contributed by atoms with E-state index < -0.39 is 11.6 Å². The van der Waals surface area contributed by atoms with Crippen LogP contribution in [0.5, 0.6) is 0 Å². The maximum absolute atomic E-state index is 13.2. The lowest BCUT2D eigenvalue weighted by Crippen LogP contribution is -2.12. The number of halogens is 3. The highest BCUT2D eigenvalue weighted by molar-refractivity contribution is 14.1. The van der Waals surface area contributed by atoms with Crippen LogP contribution in [0.3, 0.4) is 0 Å². The van der Waals surface area contributed by atoms with Crippen molar-refractivity contribution in [2.24, 2.45) is 0 Å². The Morgan fingerprint density at radius 1 is 1.33 bits per heavy atom. The SMILES string of the molecule is Cc1nn(C(C)c2ccc(F)c(F)c2)c(N)c1I. The van der Waals surface area contributed by atoms with Gasteiger partial charge in [-0.2, -0.15) is 5.10 Å². The molecule has 0 saturated carbocycles. The Labute approximate surface area is 117 Å². The number of aromatic nitrogens is 2. The highest BCUT2D eigenvalue weighted by Gasteiger charge is 2.17. The lowest BCUT2D eigenvalue weighted by molar-refractivity contribution is 0.500. The molecule has 0 amide bonds. The molecule has 0 spiro atoms. The number of benzene rings is 1. The summed E-state index contributed by atoms with van der Waals surface area (Å²) in [5.74, 6) is -1.19. The van der Waals surface area contributed by atoms with Crippen LogP contribution >= 0.6 is 22.6 Å². The normalized spacial score (nSPS) is 12.7. The molecule has 2 N–H and O–H groups in total. The fraction of sp³-hybridized carbons (Fsp3) is 0.250. The summed E-state index contributed by atoms with van der Waals surface area (Å²) in [5, 5.41) is 4.31.